The first-order chi connectivity index (χ1) is 7.77. The van der Waals surface area contributed by atoms with Gasteiger partial charge in [-0.15, -0.1) is 0 Å². The Kier molecular flexibility index (Phi) is 3.54. The molecule has 1 aromatic carbocycles. The number of aliphatic carboxylic acids is 1. The van der Waals surface area contributed by atoms with E-state index < -0.39 is 12.0 Å². The Labute approximate surface area is 94.4 Å². The lowest BCUT2D eigenvalue weighted by Crippen LogP contribution is -2.35. The van der Waals surface area contributed by atoms with Crippen LogP contribution < -0.4 is 0 Å². The maximum atomic E-state index is 10.9. The minimum absolute atomic E-state index is 0.435. The van der Waals surface area contributed by atoms with E-state index in [1.54, 1.807) is 5.06 Å². The van der Waals surface area contributed by atoms with Crippen molar-refractivity contribution in [3.05, 3.63) is 35.9 Å². The normalized spacial score (nSPS) is 21.1. The number of carbonyl (C=O) groups is 1. The Morgan fingerprint density at radius 2 is 2.19 bits per heavy atom. The number of carboxylic acid groups (broad SMARTS) is 1. The average molecular weight is 221 g/mol. The van der Waals surface area contributed by atoms with Crippen molar-refractivity contribution in [1.29, 1.82) is 0 Å². The first-order valence-electron chi connectivity index (χ1n) is 5.43. The minimum atomic E-state index is -0.800. The van der Waals surface area contributed by atoms with Gasteiger partial charge in [0.05, 0.1) is 6.61 Å². The molecule has 1 aliphatic heterocycles. The van der Waals surface area contributed by atoms with Gasteiger partial charge in [-0.25, -0.2) is 0 Å². The second kappa shape index (κ2) is 5.09. The summed E-state index contributed by atoms with van der Waals surface area (Å²) < 4.78 is 0. The van der Waals surface area contributed by atoms with Crippen LogP contribution in [0.25, 0.3) is 0 Å². The van der Waals surface area contributed by atoms with Crippen LogP contribution in [-0.4, -0.2) is 28.7 Å². The fourth-order valence-corrected chi connectivity index (χ4v) is 1.87. The van der Waals surface area contributed by atoms with Crippen molar-refractivity contribution in [1.82, 2.24) is 5.06 Å². The van der Waals surface area contributed by atoms with Crippen LogP contribution in [0.2, 0.25) is 0 Å². The Balaban J connectivity index is 1.88. The molecular formula is C12H15NO3. The van der Waals surface area contributed by atoms with Crippen molar-refractivity contribution in [3.8, 4) is 0 Å². The van der Waals surface area contributed by atoms with E-state index in [9.17, 15) is 4.79 Å². The van der Waals surface area contributed by atoms with Gasteiger partial charge in [0.1, 0.15) is 6.04 Å². The lowest BCUT2D eigenvalue weighted by molar-refractivity contribution is -0.192. The third kappa shape index (κ3) is 2.59. The molecule has 1 heterocycles. The van der Waals surface area contributed by atoms with Crippen LogP contribution >= 0.6 is 0 Å². The molecule has 0 amide bonds. The molecule has 1 N–H and O–H groups in total. The quantitative estimate of drug-likeness (QED) is 0.840. The van der Waals surface area contributed by atoms with E-state index in [-0.39, 0.29) is 0 Å². The Bertz CT molecular complexity index is 353. The summed E-state index contributed by atoms with van der Waals surface area (Å²) in [6.45, 7) is 1.13. The molecular weight excluding hydrogens is 206 g/mol. The summed E-state index contributed by atoms with van der Waals surface area (Å²) in [5.41, 5.74) is 1.05. The molecule has 0 spiro atoms. The Hall–Kier alpha value is -1.39. The highest BCUT2D eigenvalue weighted by atomic mass is 16.7. The molecule has 2 rings (SSSR count). The van der Waals surface area contributed by atoms with Crippen LogP contribution in [0.4, 0.5) is 0 Å². The van der Waals surface area contributed by atoms with E-state index in [1.165, 1.54) is 0 Å². The molecule has 86 valence electrons. The highest BCUT2D eigenvalue weighted by molar-refractivity contribution is 5.73. The molecule has 16 heavy (non-hydrogen) atoms. The van der Waals surface area contributed by atoms with Crippen LogP contribution in [0.1, 0.15) is 18.4 Å². The molecule has 0 aliphatic carbocycles. The van der Waals surface area contributed by atoms with Crippen molar-refractivity contribution in [2.45, 2.75) is 25.5 Å². The number of nitrogens with zero attached hydrogens (tertiary/aromatic N) is 1. The summed E-state index contributed by atoms with van der Waals surface area (Å²) in [5, 5.41) is 10.5. The third-order valence-electron chi connectivity index (χ3n) is 2.73. The molecule has 0 unspecified atom stereocenters. The average Bonchev–Trinajstić information content (AvgIpc) is 2.76. The lowest BCUT2D eigenvalue weighted by atomic mass is 10.2. The summed E-state index contributed by atoms with van der Waals surface area (Å²) in [6.07, 6.45) is 1.55. The molecule has 1 fully saturated rings. The van der Waals surface area contributed by atoms with Gasteiger partial charge in [0.25, 0.3) is 0 Å². The summed E-state index contributed by atoms with van der Waals surface area (Å²) in [7, 11) is 0. The Morgan fingerprint density at radius 3 is 2.88 bits per heavy atom. The second-order valence-corrected chi connectivity index (χ2v) is 3.90. The largest absolute Gasteiger partial charge is 0.480 e. The molecule has 0 aromatic heterocycles. The molecule has 1 atom stereocenters. The first kappa shape index (κ1) is 11.1. The van der Waals surface area contributed by atoms with Crippen molar-refractivity contribution in [2.75, 3.05) is 6.54 Å². The highest BCUT2D eigenvalue weighted by Gasteiger charge is 2.31. The summed E-state index contributed by atoms with van der Waals surface area (Å²) in [4.78, 5) is 16.4. The fourth-order valence-electron chi connectivity index (χ4n) is 1.87. The van der Waals surface area contributed by atoms with Gasteiger partial charge >= 0.3 is 5.97 Å². The standard InChI is InChI=1S/C12H15NO3/c14-12(15)11-7-4-8-13(11)16-9-10-5-2-1-3-6-10/h1-3,5-6,11H,4,7-9H2,(H,14,15)/t11-/m1/s1. The number of benzene rings is 1. The summed E-state index contributed by atoms with van der Waals surface area (Å²) >= 11 is 0. The van der Waals surface area contributed by atoms with E-state index >= 15 is 0 Å². The predicted octanol–water partition coefficient (Wildman–Crippen LogP) is 1.67. The van der Waals surface area contributed by atoms with Crippen LogP contribution in [0.5, 0.6) is 0 Å². The molecule has 0 bridgehead atoms. The fraction of sp³-hybridized carbons (Fsp3) is 0.417. The molecule has 4 nitrogen and oxygen atoms in total. The van der Waals surface area contributed by atoms with E-state index in [4.69, 9.17) is 9.94 Å². The van der Waals surface area contributed by atoms with Crippen molar-refractivity contribution >= 4 is 5.97 Å². The van der Waals surface area contributed by atoms with Crippen molar-refractivity contribution in [3.63, 3.8) is 0 Å². The van der Waals surface area contributed by atoms with Gasteiger partial charge in [-0.3, -0.25) is 9.63 Å². The van der Waals surface area contributed by atoms with Gasteiger partial charge in [0.15, 0.2) is 0 Å². The summed E-state index contributed by atoms with van der Waals surface area (Å²) in [6, 6.07) is 9.27. The van der Waals surface area contributed by atoms with E-state index in [0.29, 0.717) is 19.6 Å². The second-order valence-electron chi connectivity index (χ2n) is 3.90. The van der Waals surface area contributed by atoms with Crippen molar-refractivity contribution in [2.24, 2.45) is 0 Å². The Morgan fingerprint density at radius 1 is 1.44 bits per heavy atom. The van der Waals surface area contributed by atoms with E-state index in [1.807, 2.05) is 30.3 Å². The van der Waals surface area contributed by atoms with Crippen LogP contribution in [0.15, 0.2) is 30.3 Å². The zero-order valence-electron chi connectivity index (χ0n) is 9.00. The first-order valence-corrected chi connectivity index (χ1v) is 5.43. The third-order valence-corrected chi connectivity index (χ3v) is 2.73. The number of hydrogen-bond donors (Lipinski definition) is 1. The maximum absolute atomic E-state index is 10.9. The van der Waals surface area contributed by atoms with Crippen molar-refractivity contribution < 1.29 is 14.7 Å². The monoisotopic (exact) mass is 221 g/mol. The number of hydrogen-bond acceptors (Lipinski definition) is 3. The summed E-state index contributed by atoms with van der Waals surface area (Å²) in [5.74, 6) is -0.800. The highest BCUT2D eigenvalue weighted by Crippen LogP contribution is 2.18. The number of carboxylic acids is 1. The minimum Gasteiger partial charge on any atom is -0.480 e. The topological polar surface area (TPSA) is 49.8 Å². The van der Waals surface area contributed by atoms with Gasteiger partial charge in [0, 0.05) is 6.54 Å². The molecule has 1 saturated heterocycles. The molecule has 4 heteroatoms. The van der Waals surface area contributed by atoms with Gasteiger partial charge in [-0.05, 0) is 18.4 Å². The predicted molar refractivity (Wildman–Crippen MR) is 58.6 cm³/mol. The molecule has 0 radical (unpaired) electrons. The van der Waals surface area contributed by atoms with Crippen LogP contribution in [0, 0.1) is 0 Å². The molecule has 1 aromatic rings. The maximum Gasteiger partial charge on any atom is 0.323 e. The molecule has 0 saturated carbocycles. The zero-order chi connectivity index (χ0) is 11.4. The van der Waals surface area contributed by atoms with E-state index in [2.05, 4.69) is 0 Å². The number of rotatable bonds is 4. The lowest BCUT2D eigenvalue weighted by Gasteiger charge is -2.20. The molecule has 1 aliphatic rings. The van der Waals surface area contributed by atoms with Gasteiger partial charge in [0.2, 0.25) is 0 Å². The van der Waals surface area contributed by atoms with Crippen LogP contribution in [-0.2, 0) is 16.2 Å². The van der Waals surface area contributed by atoms with Gasteiger partial charge < -0.3 is 5.11 Å². The van der Waals surface area contributed by atoms with Gasteiger partial charge in [-0.2, -0.15) is 5.06 Å². The zero-order valence-corrected chi connectivity index (χ0v) is 9.00. The van der Waals surface area contributed by atoms with E-state index in [0.717, 1.165) is 12.0 Å². The van der Waals surface area contributed by atoms with Crippen LogP contribution in [0.3, 0.4) is 0 Å². The number of hydroxylamine groups is 2. The smallest absolute Gasteiger partial charge is 0.323 e. The van der Waals surface area contributed by atoms with Gasteiger partial charge in [-0.1, -0.05) is 30.3 Å². The SMILES string of the molecule is O=C(O)[C@H]1CCCN1OCc1ccccc1.